The summed E-state index contributed by atoms with van der Waals surface area (Å²) in [6.45, 7) is 0. The highest BCUT2D eigenvalue weighted by atomic mass is 32.1. The maximum atomic E-state index is 13.4. The first-order valence-corrected chi connectivity index (χ1v) is 7.69. The molecule has 0 unspecified atom stereocenters. The molecule has 0 aliphatic heterocycles. The molecule has 4 aromatic rings. The fourth-order valence-corrected chi connectivity index (χ4v) is 3.28. The van der Waals surface area contributed by atoms with Crippen molar-refractivity contribution >= 4 is 16.3 Å². The Morgan fingerprint density at radius 3 is 2.57 bits per heavy atom. The Morgan fingerprint density at radius 2 is 1.83 bits per heavy atom. The molecule has 23 heavy (non-hydrogen) atoms. The summed E-state index contributed by atoms with van der Waals surface area (Å²) >= 11 is 1.33. The predicted octanol–water partition coefficient (Wildman–Crippen LogP) is 4.14. The first-order valence-electron chi connectivity index (χ1n) is 6.87. The first kappa shape index (κ1) is 13.6. The molecule has 2 aromatic carbocycles. The molecule has 0 saturated carbocycles. The van der Waals surface area contributed by atoms with E-state index in [4.69, 9.17) is 0 Å². The van der Waals surface area contributed by atoms with E-state index in [9.17, 15) is 9.65 Å². The van der Waals surface area contributed by atoms with E-state index in [1.807, 2.05) is 30.3 Å². The molecule has 0 bridgehead atoms. The number of nitrogens with zero attached hydrogens (tertiary/aromatic N) is 4. The van der Waals surface area contributed by atoms with Gasteiger partial charge in [0.05, 0.1) is 0 Å². The Balaban J connectivity index is 1.89. The predicted molar refractivity (Wildman–Crippen MR) is 86.4 cm³/mol. The van der Waals surface area contributed by atoms with E-state index in [-0.39, 0.29) is 5.82 Å². The minimum Gasteiger partial charge on any atom is -0.216 e. The summed E-state index contributed by atoms with van der Waals surface area (Å²) in [4.78, 5) is 5.14. The number of fused-ring (bicyclic) bond motifs is 1. The first-order chi connectivity index (χ1) is 11.3. The van der Waals surface area contributed by atoms with Crippen molar-refractivity contribution in [3.05, 3.63) is 66.1 Å². The van der Waals surface area contributed by atoms with Crippen molar-refractivity contribution in [2.45, 2.75) is 0 Å². The van der Waals surface area contributed by atoms with Crippen molar-refractivity contribution in [3.63, 3.8) is 0 Å². The Labute approximate surface area is 135 Å². The van der Waals surface area contributed by atoms with Gasteiger partial charge in [0, 0.05) is 11.1 Å². The molecule has 110 valence electrons. The third-order valence-electron chi connectivity index (χ3n) is 3.43. The Hall–Kier alpha value is -3.04. The van der Waals surface area contributed by atoms with Crippen LogP contribution in [0.3, 0.4) is 0 Å². The average Bonchev–Trinajstić information content (AvgIpc) is 3.13. The summed E-state index contributed by atoms with van der Waals surface area (Å²) in [5.41, 5.74) is 2.53. The molecule has 0 saturated heterocycles. The SMILES string of the molecule is N#Cc1c(-c2ccccc2)nc2sc(-c3cccc(F)c3)nn12. The second-order valence-electron chi connectivity index (χ2n) is 4.90. The molecule has 4 nitrogen and oxygen atoms in total. The summed E-state index contributed by atoms with van der Waals surface area (Å²) in [6.07, 6.45) is 0. The number of hydrogen-bond acceptors (Lipinski definition) is 4. The van der Waals surface area contributed by atoms with E-state index in [0.29, 0.717) is 26.9 Å². The van der Waals surface area contributed by atoms with Gasteiger partial charge in [0.1, 0.15) is 22.6 Å². The highest BCUT2D eigenvalue weighted by molar-refractivity contribution is 7.19. The number of aromatic nitrogens is 3. The number of imidazole rings is 1. The van der Waals surface area contributed by atoms with Crippen LogP contribution in [0.5, 0.6) is 0 Å². The summed E-state index contributed by atoms with van der Waals surface area (Å²) < 4.78 is 14.9. The van der Waals surface area contributed by atoms with Crippen LogP contribution >= 0.6 is 11.3 Å². The quantitative estimate of drug-likeness (QED) is 0.558. The lowest BCUT2D eigenvalue weighted by Gasteiger charge is -1.97. The monoisotopic (exact) mass is 320 g/mol. The van der Waals surface area contributed by atoms with E-state index in [1.54, 1.807) is 12.1 Å². The average molecular weight is 320 g/mol. The molecule has 0 N–H and O–H groups in total. The highest BCUT2D eigenvalue weighted by Crippen LogP contribution is 2.30. The molecular formula is C17H9FN4S. The molecular weight excluding hydrogens is 311 g/mol. The number of nitriles is 1. The molecule has 4 rings (SSSR count). The molecule has 0 fully saturated rings. The van der Waals surface area contributed by atoms with Gasteiger partial charge >= 0.3 is 0 Å². The molecule has 0 atom stereocenters. The van der Waals surface area contributed by atoms with Crippen molar-refractivity contribution in [3.8, 4) is 27.9 Å². The molecule has 6 heteroatoms. The van der Waals surface area contributed by atoms with Crippen molar-refractivity contribution in [2.75, 3.05) is 0 Å². The van der Waals surface area contributed by atoms with Crippen LogP contribution in [0, 0.1) is 17.1 Å². The van der Waals surface area contributed by atoms with Gasteiger partial charge in [-0.1, -0.05) is 53.8 Å². The van der Waals surface area contributed by atoms with E-state index in [2.05, 4.69) is 16.2 Å². The minimum absolute atomic E-state index is 0.319. The molecule has 0 aliphatic rings. The van der Waals surface area contributed by atoms with Crippen LogP contribution < -0.4 is 0 Å². The van der Waals surface area contributed by atoms with Gasteiger partial charge in [0.25, 0.3) is 0 Å². The molecule has 0 amide bonds. The zero-order chi connectivity index (χ0) is 15.8. The minimum atomic E-state index is -0.319. The van der Waals surface area contributed by atoms with E-state index in [1.165, 1.54) is 28.0 Å². The maximum absolute atomic E-state index is 13.4. The second kappa shape index (κ2) is 5.30. The lowest BCUT2D eigenvalue weighted by molar-refractivity contribution is 0.628. The summed E-state index contributed by atoms with van der Waals surface area (Å²) in [6, 6.07) is 17.9. The van der Waals surface area contributed by atoms with Crippen LogP contribution in [-0.4, -0.2) is 14.6 Å². The van der Waals surface area contributed by atoms with Crippen LogP contribution in [0.1, 0.15) is 5.69 Å². The van der Waals surface area contributed by atoms with Crippen LogP contribution in [0.4, 0.5) is 4.39 Å². The smallest absolute Gasteiger partial charge is 0.214 e. The largest absolute Gasteiger partial charge is 0.216 e. The van der Waals surface area contributed by atoms with Crippen molar-refractivity contribution < 1.29 is 4.39 Å². The van der Waals surface area contributed by atoms with Crippen LogP contribution in [-0.2, 0) is 0 Å². The summed E-state index contributed by atoms with van der Waals surface area (Å²) in [5, 5.41) is 14.5. The van der Waals surface area contributed by atoms with Gasteiger partial charge in [0.15, 0.2) is 5.69 Å². The normalized spacial score (nSPS) is 10.8. The summed E-state index contributed by atoms with van der Waals surface area (Å²) in [7, 11) is 0. The topological polar surface area (TPSA) is 54.0 Å². The lowest BCUT2D eigenvalue weighted by atomic mass is 10.1. The fourth-order valence-electron chi connectivity index (χ4n) is 2.38. The van der Waals surface area contributed by atoms with Crippen molar-refractivity contribution in [1.82, 2.24) is 14.6 Å². The third-order valence-corrected chi connectivity index (χ3v) is 4.39. The van der Waals surface area contributed by atoms with Gasteiger partial charge in [-0.25, -0.2) is 9.37 Å². The van der Waals surface area contributed by atoms with E-state index in [0.717, 1.165) is 5.56 Å². The zero-order valence-corrected chi connectivity index (χ0v) is 12.6. The summed E-state index contributed by atoms with van der Waals surface area (Å²) in [5.74, 6) is -0.319. The van der Waals surface area contributed by atoms with Crippen molar-refractivity contribution in [2.24, 2.45) is 0 Å². The standard InChI is InChI=1S/C17H9FN4S/c18-13-8-4-7-12(9-13)16-21-22-14(10-19)15(20-17(22)23-16)11-5-2-1-3-6-11/h1-9H. The Kier molecular flexibility index (Phi) is 3.14. The molecule has 0 aliphatic carbocycles. The van der Waals surface area contributed by atoms with E-state index < -0.39 is 0 Å². The number of halogens is 1. The third kappa shape index (κ3) is 2.28. The highest BCUT2D eigenvalue weighted by Gasteiger charge is 2.18. The Morgan fingerprint density at radius 1 is 1.04 bits per heavy atom. The van der Waals surface area contributed by atoms with Gasteiger partial charge in [-0.05, 0) is 12.1 Å². The van der Waals surface area contributed by atoms with Gasteiger partial charge in [-0.2, -0.15) is 14.9 Å². The van der Waals surface area contributed by atoms with Gasteiger partial charge in [-0.3, -0.25) is 0 Å². The maximum Gasteiger partial charge on any atom is 0.214 e. The molecule has 2 aromatic heterocycles. The number of benzene rings is 2. The van der Waals surface area contributed by atoms with E-state index >= 15 is 0 Å². The van der Waals surface area contributed by atoms with Crippen LogP contribution in [0.2, 0.25) is 0 Å². The fraction of sp³-hybridized carbons (Fsp3) is 0. The van der Waals surface area contributed by atoms with Gasteiger partial charge in [0.2, 0.25) is 4.96 Å². The molecule has 0 radical (unpaired) electrons. The molecule has 2 heterocycles. The lowest BCUT2D eigenvalue weighted by Crippen LogP contribution is -1.91. The van der Waals surface area contributed by atoms with Crippen LogP contribution in [0.15, 0.2) is 54.6 Å². The number of hydrogen-bond donors (Lipinski definition) is 0. The Bertz CT molecular complexity index is 1040. The second-order valence-corrected chi connectivity index (χ2v) is 5.85. The van der Waals surface area contributed by atoms with Crippen molar-refractivity contribution in [1.29, 1.82) is 5.26 Å². The zero-order valence-electron chi connectivity index (χ0n) is 11.8. The van der Waals surface area contributed by atoms with Gasteiger partial charge < -0.3 is 0 Å². The molecule has 0 spiro atoms. The van der Waals surface area contributed by atoms with Gasteiger partial charge in [-0.15, -0.1) is 0 Å². The number of rotatable bonds is 2. The van der Waals surface area contributed by atoms with Crippen LogP contribution in [0.25, 0.3) is 26.8 Å².